The lowest BCUT2D eigenvalue weighted by molar-refractivity contribution is 0.157. The fourth-order valence-corrected chi connectivity index (χ4v) is 4.00. The summed E-state index contributed by atoms with van der Waals surface area (Å²) in [6, 6.07) is 5.95. The zero-order valence-electron chi connectivity index (χ0n) is 15.3. The molecule has 0 bridgehead atoms. The van der Waals surface area contributed by atoms with Crippen LogP contribution in [0.5, 0.6) is 5.75 Å². The number of anilines is 1. The Balaban J connectivity index is 1.57. The number of benzene rings is 1. The van der Waals surface area contributed by atoms with E-state index in [9.17, 15) is 4.79 Å². The van der Waals surface area contributed by atoms with Crippen molar-refractivity contribution >= 4 is 11.7 Å². The molecule has 1 atom stereocenters. The molecule has 1 unspecified atom stereocenters. The van der Waals surface area contributed by atoms with Gasteiger partial charge in [-0.2, -0.15) is 0 Å². The lowest BCUT2D eigenvalue weighted by Gasteiger charge is -2.35. The van der Waals surface area contributed by atoms with Gasteiger partial charge in [0.2, 0.25) is 0 Å². The first-order chi connectivity index (χ1) is 12.8. The van der Waals surface area contributed by atoms with Gasteiger partial charge in [-0.1, -0.05) is 12.1 Å². The molecule has 2 aliphatic rings. The monoisotopic (exact) mass is 354 g/mol. The molecule has 2 aromatic rings. The summed E-state index contributed by atoms with van der Waals surface area (Å²) in [6.07, 6.45) is 8.94. The molecule has 0 saturated carbocycles. The van der Waals surface area contributed by atoms with Crippen molar-refractivity contribution in [1.29, 1.82) is 0 Å². The number of aryl methyl sites for hydroxylation is 2. The molecule has 0 aliphatic carbocycles. The Morgan fingerprint density at radius 3 is 3.15 bits per heavy atom. The molecule has 1 aromatic heterocycles. The van der Waals surface area contributed by atoms with Gasteiger partial charge < -0.3 is 19.5 Å². The molecule has 6 nitrogen and oxygen atoms in total. The third-order valence-corrected chi connectivity index (χ3v) is 5.33. The standard InChI is InChI=1S/C20H26N4O2/c1-2-23-13-11-21-19(23)17-10-3-4-12-24(17)20(25)22-16-9-5-7-15-8-6-14-26-18(15)16/h5,7,9,11,13,17H,2-4,6,8,10,12,14H2,1H3,(H,22,25). The van der Waals surface area contributed by atoms with Gasteiger partial charge in [-0.3, -0.25) is 0 Å². The van der Waals surface area contributed by atoms with E-state index in [-0.39, 0.29) is 12.1 Å². The summed E-state index contributed by atoms with van der Waals surface area (Å²) >= 11 is 0. The number of urea groups is 1. The summed E-state index contributed by atoms with van der Waals surface area (Å²) in [6.45, 7) is 4.43. The van der Waals surface area contributed by atoms with Crippen LogP contribution in [0.15, 0.2) is 30.6 Å². The lowest BCUT2D eigenvalue weighted by Crippen LogP contribution is -2.42. The van der Waals surface area contributed by atoms with Gasteiger partial charge in [-0.05, 0) is 50.7 Å². The molecular formula is C20H26N4O2. The summed E-state index contributed by atoms with van der Waals surface area (Å²) in [5.74, 6) is 1.81. The number of rotatable bonds is 3. The lowest BCUT2D eigenvalue weighted by atomic mass is 10.0. The Labute approximate surface area is 154 Å². The van der Waals surface area contributed by atoms with Crippen molar-refractivity contribution in [1.82, 2.24) is 14.5 Å². The first-order valence-corrected chi connectivity index (χ1v) is 9.61. The molecule has 26 heavy (non-hydrogen) atoms. The number of fused-ring (bicyclic) bond motifs is 1. The molecule has 6 heteroatoms. The second kappa shape index (κ2) is 7.40. The van der Waals surface area contributed by atoms with Gasteiger partial charge in [-0.25, -0.2) is 9.78 Å². The average molecular weight is 354 g/mol. The van der Waals surface area contributed by atoms with E-state index in [2.05, 4.69) is 27.9 Å². The van der Waals surface area contributed by atoms with Crippen LogP contribution in [0.2, 0.25) is 0 Å². The van der Waals surface area contributed by atoms with E-state index in [4.69, 9.17) is 4.74 Å². The molecule has 1 aromatic carbocycles. The minimum Gasteiger partial charge on any atom is -0.491 e. The van der Waals surface area contributed by atoms with Gasteiger partial charge in [0.25, 0.3) is 0 Å². The predicted molar refractivity (Wildman–Crippen MR) is 100 cm³/mol. The Hall–Kier alpha value is -2.50. The van der Waals surface area contributed by atoms with Crippen molar-refractivity contribution in [2.45, 2.75) is 51.6 Å². The number of hydrogen-bond acceptors (Lipinski definition) is 3. The van der Waals surface area contributed by atoms with Gasteiger partial charge in [0.15, 0.2) is 0 Å². The normalized spacial score (nSPS) is 19.6. The molecule has 4 rings (SSSR count). The highest BCUT2D eigenvalue weighted by atomic mass is 16.5. The minimum absolute atomic E-state index is 0.0270. The van der Waals surface area contributed by atoms with Crippen LogP contribution in [0.3, 0.4) is 0 Å². The van der Waals surface area contributed by atoms with Crippen LogP contribution < -0.4 is 10.1 Å². The number of piperidine rings is 1. The maximum atomic E-state index is 13.1. The van der Waals surface area contributed by atoms with Gasteiger partial charge in [0.05, 0.1) is 18.3 Å². The van der Waals surface area contributed by atoms with Crippen molar-refractivity contribution in [3.63, 3.8) is 0 Å². The van der Waals surface area contributed by atoms with Crippen LogP contribution in [-0.4, -0.2) is 33.6 Å². The first kappa shape index (κ1) is 16.9. The number of ether oxygens (including phenoxy) is 1. The minimum atomic E-state index is -0.0667. The second-order valence-electron chi connectivity index (χ2n) is 6.95. The van der Waals surface area contributed by atoms with Crippen LogP contribution in [-0.2, 0) is 13.0 Å². The predicted octanol–water partition coefficient (Wildman–Crippen LogP) is 3.99. The zero-order chi connectivity index (χ0) is 17.9. The van der Waals surface area contributed by atoms with E-state index < -0.39 is 0 Å². The number of nitrogens with zero attached hydrogens (tertiary/aromatic N) is 3. The molecular weight excluding hydrogens is 328 g/mol. The van der Waals surface area contributed by atoms with Crippen LogP contribution in [0, 0.1) is 0 Å². The van der Waals surface area contributed by atoms with Crippen molar-refractivity contribution in [2.75, 3.05) is 18.5 Å². The highest BCUT2D eigenvalue weighted by molar-refractivity contribution is 5.91. The zero-order valence-corrected chi connectivity index (χ0v) is 15.3. The molecule has 1 N–H and O–H groups in total. The maximum absolute atomic E-state index is 13.1. The van der Waals surface area contributed by atoms with Crippen LogP contribution in [0.25, 0.3) is 0 Å². The highest BCUT2D eigenvalue weighted by Crippen LogP contribution is 2.35. The quantitative estimate of drug-likeness (QED) is 0.907. The summed E-state index contributed by atoms with van der Waals surface area (Å²) < 4.78 is 7.96. The topological polar surface area (TPSA) is 59.4 Å². The van der Waals surface area contributed by atoms with Crippen molar-refractivity contribution in [3.05, 3.63) is 42.0 Å². The molecule has 1 saturated heterocycles. The molecule has 0 spiro atoms. The molecule has 0 radical (unpaired) electrons. The SMILES string of the molecule is CCn1ccnc1C1CCCCN1C(=O)Nc1cccc2c1OCCC2. The second-order valence-corrected chi connectivity index (χ2v) is 6.95. The fourth-order valence-electron chi connectivity index (χ4n) is 4.00. The van der Waals surface area contributed by atoms with Gasteiger partial charge >= 0.3 is 6.03 Å². The van der Waals surface area contributed by atoms with Crippen LogP contribution in [0.4, 0.5) is 10.5 Å². The smallest absolute Gasteiger partial charge is 0.322 e. The number of likely N-dealkylation sites (tertiary alicyclic amines) is 1. The largest absolute Gasteiger partial charge is 0.491 e. The number of carbonyl (C=O) groups excluding carboxylic acids is 1. The van der Waals surface area contributed by atoms with E-state index in [1.54, 1.807) is 0 Å². The van der Waals surface area contributed by atoms with Gasteiger partial charge in [-0.15, -0.1) is 0 Å². The average Bonchev–Trinajstić information content (AvgIpc) is 3.17. The van der Waals surface area contributed by atoms with E-state index in [1.165, 1.54) is 5.56 Å². The number of aromatic nitrogens is 2. The molecule has 2 amide bonds. The maximum Gasteiger partial charge on any atom is 0.322 e. The Bertz CT molecular complexity index is 786. The van der Waals surface area contributed by atoms with Crippen LogP contribution in [0.1, 0.15) is 50.0 Å². The Morgan fingerprint density at radius 2 is 2.27 bits per heavy atom. The van der Waals surface area contributed by atoms with Gasteiger partial charge in [0.1, 0.15) is 11.6 Å². The summed E-state index contributed by atoms with van der Waals surface area (Å²) in [5, 5.41) is 3.09. The fraction of sp³-hybridized carbons (Fsp3) is 0.500. The van der Waals surface area contributed by atoms with E-state index in [0.29, 0.717) is 6.61 Å². The highest BCUT2D eigenvalue weighted by Gasteiger charge is 2.31. The van der Waals surface area contributed by atoms with Gasteiger partial charge in [0, 0.05) is 25.5 Å². The number of imidazole rings is 1. The number of carbonyl (C=O) groups is 1. The van der Waals surface area contributed by atoms with E-state index >= 15 is 0 Å². The summed E-state index contributed by atoms with van der Waals surface area (Å²) in [4.78, 5) is 19.5. The number of para-hydroxylation sites is 1. The third kappa shape index (κ3) is 3.16. The number of amides is 2. The third-order valence-electron chi connectivity index (χ3n) is 5.33. The Kier molecular flexibility index (Phi) is 4.82. The Morgan fingerprint density at radius 1 is 1.35 bits per heavy atom. The summed E-state index contributed by atoms with van der Waals surface area (Å²) in [5.41, 5.74) is 1.95. The van der Waals surface area contributed by atoms with Crippen molar-refractivity contribution in [3.8, 4) is 5.75 Å². The number of nitrogens with one attached hydrogen (secondary N) is 1. The molecule has 1 fully saturated rings. The van der Waals surface area contributed by atoms with Crippen LogP contribution >= 0.6 is 0 Å². The van der Waals surface area contributed by atoms with E-state index in [1.807, 2.05) is 29.4 Å². The molecule has 138 valence electrons. The number of hydrogen-bond donors (Lipinski definition) is 1. The first-order valence-electron chi connectivity index (χ1n) is 9.61. The molecule has 3 heterocycles. The summed E-state index contributed by atoms with van der Waals surface area (Å²) in [7, 11) is 0. The van der Waals surface area contributed by atoms with Crippen molar-refractivity contribution in [2.24, 2.45) is 0 Å². The van der Waals surface area contributed by atoms with Crippen molar-refractivity contribution < 1.29 is 9.53 Å². The molecule has 2 aliphatic heterocycles. The van der Waals surface area contributed by atoms with E-state index in [0.717, 1.165) is 62.5 Å².